The fourth-order valence-electron chi connectivity index (χ4n) is 5.01. The number of aliphatic hydroxyl groups is 1. The van der Waals surface area contributed by atoms with E-state index in [1.165, 1.54) is 12.5 Å². The maximum atomic E-state index is 13.2. The van der Waals surface area contributed by atoms with Crippen LogP contribution >= 0.6 is 0 Å². The minimum absolute atomic E-state index is 0.0732. The Bertz CT molecular complexity index is 1190. The highest BCUT2D eigenvalue weighted by Crippen LogP contribution is 2.57. The minimum atomic E-state index is -3.84. The number of hydrogen-bond acceptors (Lipinski definition) is 6. The van der Waals surface area contributed by atoms with Crippen molar-refractivity contribution in [2.24, 2.45) is 7.05 Å². The number of nitrogens with one attached hydrogen (secondary N) is 1. The summed E-state index contributed by atoms with van der Waals surface area (Å²) in [6, 6.07) is 6.98. The number of nitrogens with zero attached hydrogens (tertiary/aromatic N) is 2. The normalized spacial score (nSPS) is 19.3. The molecule has 1 saturated carbocycles. The Morgan fingerprint density at radius 3 is 2.45 bits per heavy atom. The maximum Gasteiger partial charge on any atom is 0.338 e. The standard InChI is InChI=1S/C24H31N3O5S/c1-4-9-23(10-5-2)14-19(28)21(22(29)32-23)24(11-12-24)17-7-6-8-18(13-17)26-33(30,31)20-15-27(3)16-25-20/h6-8,13,15-16,26,28H,4-5,9-12,14H2,1-3H3. The van der Waals surface area contributed by atoms with Crippen LogP contribution < -0.4 is 4.72 Å². The first-order valence-electron chi connectivity index (χ1n) is 11.4. The summed E-state index contributed by atoms with van der Waals surface area (Å²) in [5.74, 6) is -0.359. The summed E-state index contributed by atoms with van der Waals surface area (Å²) in [5, 5.41) is 11.0. The van der Waals surface area contributed by atoms with Crippen molar-refractivity contribution in [3.8, 4) is 0 Å². The molecule has 2 aliphatic rings. The topological polar surface area (TPSA) is 111 Å². The third-order valence-corrected chi connectivity index (χ3v) is 7.82. The van der Waals surface area contributed by atoms with Crippen molar-refractivity contribution in [3.63, 3.8) is 0 Å². The maximum absolute atomic E-state index is 13.2. The molecule has 8 nitrogen and oxygen atoms in total. The number of carbonyl (C=O) groups excluding carboxylic acids is 1. The van der Waals surface area contributed by atoms with Gasteiger partial charge in [0.1, 0.15) is 11.4 Å². The summed E-state index contributed by atoms with van der Waals surface area (Å²) in [6.07, 6.45) is 7.68. The highest BCUT2D eigenvalue weighted by Gasteiger charge is 2.55. The van der Waals surface area contributed by atoms with Gasteiger partial charge in [0.25, 0.3) is 10.0 Å². The van der Waals surface area contributed by atoms with Crippen molar-refractivity contribution in [3.05, 3.63) is 53.7 Å². The van der Waals surface area contributed by atoms with Gasteiger partial charge in [-0.15, -0.1) is 0 Å². The van der Waals surface area contributed by atoms with Crippen molar-refractivity contribution in [1.82, 2.24) is 9.55 Å². The van der Waals surface area contributed by atoms with E-state index >= 15 is 0 Å². The number of benzene rings is 1. The number of esters is 1. The molecule has 0 amide bonds. The number of sulfonamides is 1. The fourth-order valence-corrected chi connectivity index (χ4v) is 6.04. The van der Waals surface area contributed by atoms with E-state index < -0.39 is 27.0 Å². The molecule has 0 unspecified atom stereocenters. The number of aliphatic hydroxyl groups excluding tert-OH is 1. The molecule has 0 saturated heterocycles. The lowest BCUT2D eigenvalue weighted by atomic mass is 9.79. The molecule has 0 atom stereocenters. The molecule has 0 bridgehead atoms. The molecule has 1 aromatic carbocycles. The Balaban J connectivity index is 1.64. The van der Waals surface area contributed by atoms with Crippen LogP contribution in [0.15, 0.2) is 53.1 Å². The van der Waals surface area contributed by atoms with Crippen molar-refractivity contribution in [2.45, 2.75) is 74.8 Å². The largest absolute Gasteiger partial charge is 0.512 e. The van der Waals surface area contributed by atoms with Gasteiger partial charge in [0.15, 0.2) is 5.03 Å². The quantitative estimate of drug-likeness (QED) is 0.524. The molecule has 1 aliphatic carbocycles. The van der Waals surface area contributed by atoms with E-state index in [-0.39, 0.29) is 10.8 Å². The summed E-state index contributed by atoms with van der Waals surface area (Å²) in [7, 11) is -2.15. The summed E-state index contributed by atoms with van der Waals surface area (Å²) >= 11 is 0. The van der Waals surface area contributed by atoms with Gasteiger partial charge in [-0.25, -0.2) is 9.78 Å². The van der Waals surface area contributed by atoms with Crippen LogP contribution in [0.25, 0.3) is 0 Å². The predicted octanol–water partition coefficient (Wildman–Crippen LogP) is 4.35. The van der Waals surface area contributed by atoms with E-state index in [1.807, 2.05) is 19.9 Å². The first kappa shape index (κ1) is 23.4. The molecule has 1 aromatic heterocycles. The number of aromatic nitrogens is 2. The molecule has 2 aromatic rings. The van der Waals surface area contributed by atoms with Gasteiger partial charge in [0.05, 0.1) is 11.9 Å². The first-order chi connectivity index (χ1) is 15.6. The summed E-state index contributed by atoms with van der Waals surface area (Å²) in [4.78, 5) is 17.1. The second-order valence-electron chi connectivity index (χ2n) is 9.22. The van der Waals surface area contributed by atoms with Gasteiger partial charge >= 0.3 is 5.97 Å². The van der Waals surface area contributed by atoms with Gasteiger partial charge in [0, 0.05) is 30.8 Å². The molecule has 178 valence electrons. The molecular formula is C24H31N3O5S. The number of anilines is 1. The van der Waals surface area contributed by atoms with Gasteiger partial charge in [0.2, 0.25) is 0 Å². The summed E-state index contributed by atoms with van der Waals surface area (Å²) in [5.41, 5.74) is 0.165. The number of ether oxygens (including phenoxy) is 1. The van der Waals surface area contributed by atoms with Crippen LogP contribution in [-0.4, -0.2) is 34.6 Å². The molecule has 0 radical (unpaired) electrons. The lowest BCUT2D eigenvalue weighted by Crippen LogP contribution is -2.42. The number of carbonyl (C=O) groups is 1. The Labute approximate surface area is 194 Å². The fraction of sp³-hybridized carbons (Fsp3) is 0.500. The molecule has 1 aliphatic heterocycles. The van der Waals surface area contributed by atoms with Crippen molar-refractivity contribution in [1.29, 1.82) is 0 Å². The molecule has 2 N–H and O–H groups in total. The summed E-state index contributed by atoms with van der Waals surface area (Å²) < 4.78 is 35.5. The monoisotopic (exact) mass is 473 g/mol. The van der Waals surface area contributed by atoms with Crippen LogP contribution in [0.1, 0.15) is 64.4 Å². The highest BCUT2D eigenvalue weighted by atomic mass is 32.2. The van der Waals surface area contributed by atoms with E-state index in [1.54, 1.807) is 29.8 Å². The van der Waals surface area contributed by atoms with Crippen LogP contribution in [0.4, 0.5) is 5.69 Å². The van der Waals surface area contributed by atoms with Gasteiger partial charge in [-0.2, -0.15) is 8.42 Å². The van der Waals surface area contributed by atoms with Crippen molar-refractivity contribution < 1.29 is 23.1 Å². The Hall–Kier alpha value is -2.81. The van der Waals surface area contributed by atoms with Gasteiger partial charge in [-0.1, -0.05) is 38.8 Å². The number of aryl methyl sites for hydroxylation is 1. The Kier molecular flexibility index (Phi) is 6.03. The van der Waals surface area contributed by atoms with Crippen molar-refractivity contribution >= 4 is 21.7 Å². The smallest absolute Gasteiger partial charge is 0.338 e. The number of rotatable bonds is 9. The summed E-state index contributed by atoms with van der Waals surface area (Å²) in [6.45, 7) is 4.09. The second-order valence-corrected chi connectivity index (χ2v) is 10.8. The molecule has 9 heteroatoms. The zero-order chi connectivity index (χ0) is 23.9. The van der Waals surface area contributed by atoms with Crippen LogP contribution in [0.5, 0.6) is 0 Å². The molecule has 0 spiro atoms. The van der Waals surface area contributed by atoms with Gasteiger partial charge in [-0.3, -0.25) is 4.72 Å². The van der Waals surface area contributed by atoms with Crippen LogP contribution in [0, 0.1) is 0 Å². The lowest BCUT2D eigenvalue weighted by molar-refractivity contribution is -0.161. The zero-order valence-electron chi connectivity index (χ0n) is 19.3. The Morgan fingerprint density at radius 2 is 1.91 bits per heavy atom. The van der Waals surface area contributed by atoms with E-state index in [9.17, 15) is 18.3 Å². The molecule has 33 heavy (non-hydrogen) atoms. The molecular weight excluding hydrogens is 442 g/mol. The van der Waals surface area contributed by atoms with E-state index in [0.717, 1.165) is 18.4 Å². The van der Waals surface area contributed by atoms with E-state index in [0.29, 0.717) is 43.4 Å². The second kappa shape index (κ2) is 8.52. The number of hydrogen-bond donors (Lipinski definition) is 2. The van der Waals surface area contributed by atoms with Crippen LogP contribution in [0.2, 0.25) is 0 Å². The van der Waals surface area contributed by atoms with E-state index in [2.05, 4.69) is 9.71 Å². The SMILES string of the molecule is CCCC1(CCC)CC(O)=C(C2(c3cccc(NS(=O)(=O)c4cn(C)cn4)c3)CC2)C(=O)O1. The third kappa shape index (κ3) is 4.38. The highest BCUT2D eigenvalue weighted by molar-refractivity contribution is 7.92. The molecule has 1 fully saturated rings. The van der Waals surface area contributed by atoms with Gasteiger partial charge in [-0.05, 0) is 43.4 Å². The van der Waals surface area contributed by atoms with Crippen LogP contribution in [0.3, 0.4) is 0 Å². The lowest BCUT2D eigenvalue weighted by Gasteiger charge is -2.38. The Morgan fingerprint density at radius 1 is 1.21 bits per heavy atom. The van der Waals surface area contributed by atoms with Crippen molar-refractivity contribution in [2.75, 3.05) is 4.72 Å². The number of cyclic esters (lactones) is 1. The van der Waals surface area contributed by atoms with Gasteiger partial charge < -0.3 is 14.4 Å². The van der Waals surface area contributed by atoms with Crippen LogP contribution in [-0.2, 0) is 32.0 Å². The average molecular weight is 474 g/mol. The zero-order valence-corrected chi connectivity index (χ0v) is 20.1. The van der Waals surface area contributed by atoms with E-state index in [4.69, 9.17) is 4.74 Å². The third-order valence-electron chi connectivity index (χ3n) is 6.56. The number of imidazole rings is 1. The minimum Gasteiger partial charge on any atom is -0.512 e. The molecule has 4 rings (SSSR count). The molecule has 2 heterocycles. The predicted molar refractivity (Wildman–Crippen MR) is 124 cm³/mol. The average Bonchev–Trinajstić information content (AvgIpc) is 3.40. The first-order valence-corrected chi connectivity index (χ1v) is 12.9.